The molecular weight excluding hydrogens is 311 g/mol. The average molecular weight is 334 g/mol. The van der Waals surface area contributed by atoms with Crippen molar-refractivity contribution in [3.05, 3.63) is 23.1 Å². The Kier molecular flexibility index (Phi) is 4.81. The van der Waals surface area contributed by atoms with Crippen LogP contribution in [0.2, 0.25) is 0 Å². The molecule has 2 heterocycles. The number of thioether (sulfide) groups is 1. The molecule has 2 N–H and O–H groups in total. The highest BCUT2D eigenvalue weighted by atomic mass is 32.2. The molecule has 0 bridgehead atoms. The van der Waals surface area contributed by atoms with Gasteiger partial charge in [0.05, 0.1) is 12.2 Å². The van der Waals surface area contributed by atoms with E-state index in [1.165, 1.54) is 17.6 Å². The predicted molar refractivity (Wildman–Crippen MR) is 84.2 cm³/mol. The van der Waals surface area contributed by atoms with Gasteiger partial charge in [0.15, 0.2) is 11.2 Å². The molecule has 8 heteroatoms. The van der Waals surface area contributed by atoms with E-state index in [2.05, 4.69) is 5.32 Å². The van der Waals surface area contributed by atoms with E-state index < -0.39 is 13.3 Å². The highest BCUT2D eigenvalue weighted by Crippen LogP contribution is 2.57. The normalized spacial score (nSPS) is 30.6. The maximum atomic E-state index is 12.9. The van der Waals surface area contributed by atoms with Crippen LogP contribution in [0, 0.1) is 0 Å². The van der Waals surface area contributed by atoms with Crippen LogP contribution in [0.25, 0.3) is 0 Å². The molecule has 0 aromatic heterocycles. The van der Waals surface area contributed by atoms with Crippen LogP contribution in [0.15, 0.2) is 23.1 Å². The third-order valence-electron chi connectivity index (χ3n) is 2.93. The van der Waals surface area contributed by atoms with E-state index in [4.69, 9.17) is 9.05 Å². The SMILES string of the molecule is CC(C)OP(=O)(/C=C1\SC2NC=CN2C1(C)O)OC(C)C. The lowest BCUT2D eigenvalue weighted by atomic mass is 10.2. The van der Waals surface area contributed by atoms with Crippen molar-refractivity contribution >= 4 is 19.4 Å². The van der Waals surface area contributed by atoms with Crippen LogP contribution in [-0.4, -0.2) is 33.4 Å². The maximum Gasteiger partial charge on any atom is 0.355 e. The summed E-state index contributed by atoms with van der Waals surface area (Å²) in [6.07, 6.45) is 3.08. The minimum atomic E-state index is -3.42. The van der Waals surface area contributed by atoms with Crippen molar-refractivity contribution in [2.24, 2.45) is 0 Å². The Bertz CT molecular complexity index is 490. The van der Waals surface area contributed by atoms with Crippen molar-refractivity contribution in [3.63, 3.8) is 0 Å². The number of hydrogen-bond acceptors (Lipinski definition) is 7. The molecule has 2 aliphatic heterocycles. The third-order valence-corrected chi connectivity index (χ3v) is 6.45. The highest BCUT2D eigenvalue weighted by molar-refractivity contribution is 8.04. The summed E-state index contributed by atoms with van der Waals surface area (Å²) in [6.45, 7) is 8.88. The summed E-state index contributed by atoms with van der Waals surface area (Å²) < 4.78 is 23.9. The van der Waals surface area contributed by atoms with Gasteiger partial charge in [0.25, 0.3) is 0 Å². The van der Waals surface area contributed by atoms with Crippen molar-refractivity contribution in [1.82, 2.24) is 10.2 Å². The molecule has 0 radical (unpaired) electrons. The lowest BCUT2D eigenvalue weighted by Gasteiger charge is -2.29. The van der Waals surface area contributed by atoms with E-state index in [-0.39, 0.29) is 17.7 Å². The van der Waals surface area contributed by atoms with Crippen LogP contribution < -0.4 is 5.32 Å². The van der Waals surface area contributed by atoms with Crippen LogP contribution >= 0.6 is 19.4 Å². The largest absolute Gasteiger partial charge is 0.366 e. The first kappa shape index (κ1) is 16.9. The topological polar surface area (TPSA) is 71.0 Å². The quantitative estimate of drug-likeness (QED) is 0.749. The average Bonchev–Trinajstić information content (AvgIpc) is 2.80. The molecule has 120 valence electrons. The molecule has 0 amide bonds. The van der Waals surface area contributed by atoms with Crippen LogP contribution in [-0.2, 0) is 13.6 Å². The molecule has 2 atom stereocenters. The number of nitrogens with one attached hydrogen (secondary N) is 1. The van der Waals surface area contributed by atoms with Gasteiger partial charge >= 0.3 is 7.60 Å². The zero-order valence-corrected chi connectivity index (χ0v) is 14.6. The molecule has 0 spiro atoms. The molecular formula is C13H23N2O4PS. The first-order chi connectivity index (χ1) is 9.64. The minimum Gasteiger partial charge on any atom is -0.366 e. The van der Waals surface area contributed by atoms with Crippen molar-refractivity contribution in [2.45, 2.75) is 58.0 Å². The molecule has 2 rings (SSSR count). The summed E-state index contributed by atoms with van der Waals surface area (Å²) in [6, 6.07) is 0. The van der Waals surface area contributed by atoms with Gasteiger partial charge in [0.2, 0.25) is 0 Å². The number of fused-ring (bicyclic) bond motifs is 1. The summed E-state index contributed by atoms with van der Waals surface area (Å²) in [5.74, 6) is 1.45. The zero-order valence-electron chi connectivity index (χ0n) is 12.9. The number of nitrogens with zero attached hydrogens (tertiary/aromatic N) is 1. The second-order valence-corrected chi connectivity index (χ2v) is 8.60. The Labute approximate surface area is 130 Å². The predicted octanol–water partition coefficient (Wildman–Crippen LogP) is 2.99. The Balaban J connectivity index is 2.30. The summed E-state index contributed by atoms with van der Waals surface area (Å²) in [5.41, 5.74) is -1.33. The summed E-state index contributed by atoms with van der Waals surface area (Å²) in [7, 11) is -3.42. The van der Waals surface area contributed by atoms with E-state index in [0.29, 0.717) is 4.91 Å². The number of rotatable bonds is 5. The van der Waals surface area contributed by atoms with Gasteiger partial charge in [-0.25, -0.2) is 0 Å². The van der Waals surface area contributed by atoms with Gasteiger partial charge in [-0.2, -0.15) is 0 Å². The van der Waals surface area contributed by atoms with Crippen LogP contribution in [0.1, 0.15) is 34.6 Å². The molecule has 21 heavy (non-hydrogen) atoms. The van der Waals surface area contributed by atoms with Gasteiger partial charge in [-0.15, -0.1) is 0 Å². The first-order valence-corrected chi connectivity index (χ1v) is 9.43. The van der Waals surface area contributed by atoms with E-state index >= 15 is 0 Å². The van der Waals surface area contributed by atoms with Gasteiger partial charge in [0, 0.05) is 23.1 Å². The minimum absolute atomic E-state index is 0.0993. The fourth-order valence-electron chi connectivity index (χ4n) is 2.16. The molecule has 6 nitrogen and oxygen atoms in total. The molecule has 0 saturated carbocycles. The lowest BCUT2D eigenvalue weighted by molar-refractivity contribution is -0.0201. The van der Waals surface area contributed by atoms with Crippen molar-refractivity contribution in [2.75, 3.05) is 0 Å². The smallest absolute Gasteiger partial charge is 0.355 e. The maximum absolute atomic E-state index is 12.9. The molecule has 0 aromatic carbocycles. The second-order valence-electron chi connectivity index (χ2n) is 5.72. The Morgan fingerprint density at radius 1 is 1.43 bits per heavy atom. The molecule has 1 saturated heterocycles. The van der Waals surface area contributed by atoms with Gasteiger partial charge in [-0.1, -0.05) is 11.8 Å². The van der Waals surface area contributed by atoms with Crippen LogP contribution in [0.5, 0.6) is 0 Å². The molecule has 2 aliphatic rings. The second kappa shape index (κ2) is 5.97. The van der Waals surface area contributed by atoms with E-state index in [9.17, 15) is 9.67 Å². The Morgan fingerprint density at radius 3 is 2.48 bits per heavy atom. The van der Waals surface area contributed by atoms with Crippen molar-refractivity contribution < 1.29 is 18.7 Å². The van der Waals surface area contributed by atoms with Crippen molar-refractivity contribution in [1.29, 1.82) is 0 Å². The third kappa shape index (κ3) is 3.66. The van der Waals surface area contributed by atoms with Crippen LogP contribution in [0.3, 0.4) is 0 Å². The zero-order chi connectivity index (χ0) is 15.8. The van der Waals surface area contributed by atoms with Crippen LogP contribution in [0.4, 0.5) is 0 Å². The first-order valence-electron chi connectivity index (χ1n) is 6.94. The molecule has 0 aliphatic carbocycles. The Morgan fingerprint density at radius 2 is 2.00 bits per heavy atom. The number of aliphatic hydroxyl groups is 1. The standard InChI is InChI=1S/C13H23N2O4PS/c1-9(2)18-20(17,19-10(3)4)8-11-13(5,16)15-7-6-14-12(15)21-11/h6-10,12,14,16H,1-5H3/b11-8-. The fourth-order valence-corrected chi connectivity index (χ4v) is 5.77. The molecule has 1 fully saturated rings. The summed E-state index contributed by atoms with van der Waals surface area (Å²) >= 11 is 1.40. The monoisotopic (exact) mass is 334 g/mol. The van der Waals surface area contributed by atoms with Gasteiger partial charge in [0.1, 0.15) is 0 Å². The molecule has 2 unspecified atom stereocenters. The van der Waals surface area contributed by atoms with E-state index in [1.807, 2.05) is 0 Å². The Hall–Kier alpha value is -0.460. The van der Waals surface area contributed by atoms with Crippen molar-refractivity contribution in [3.8, 4) is 0 Å². The van der Waals surface area contributed by atoms with Gasteiger partial charge < -0.3 is 24.4 Å². The summed E-state index contributed by atoms with van der Waals surface area (Å²) in [5, 5.41) is 13.8. The van der Waals surface area contributed by atoms with E-state index in [0.717, 1.165) is 0 Å². The lowest BCUT2D eigenvalue weighted by Crippen LogP contribution is -2.42. The number of hydrogen-bond donors (Lipinski definition) is 2. The fraction of sp³-hybridized carbons (Fsp3) is 0.692. The highest BCUT2D eigenvalue weighted by Gasteiger charge is 2.47. The van der Waals surface area contributed by atoms with Gasteiger partial charge in [-0.3, -0.25) is 4.57 Å². The molecule has 0 aromatic rings. The van der Waals surface area contributed by atoms with E-state index in [1.54, 1.807) is 51.9 Å². The summed E-state index contributed by atoms with van der Waals surface area (Å²) in [4.78, 5) is 2.33. The van der Waals surface area contributed by atoms with Gasteiger partial charge in [-0.05, 0) is 34.6 Å².